The maximum absolute atomic E-state index is 16.7. The number of anilines is 2. The predicted molar refractivity (Wildman–Crippen MR) is 266 cm³/mol. The molecule has 15 heteroatoms. The molecule has 7 atom stereocenters. The number of carbonyl (C=O) groups excluding carboxylic acids is 5. The number of morpholine rings is 1. The number of hydrogen-bond donors (Lipinski definition) is 3. The normalized spacial score (nSPS) is 21.7. The zero-order valence-electron chi connectivity index (χ0n) is 38.9. The smallest absolute Gasteiger partial charge is 0.329 e. The second kappa shape index (κ2) is 18.9. The van der Waals surface area contributed by atoms with E-state index >= 15 is 19.2 Å². The molecular weight excluding hydrogens is 919 g/mol. The highest BCUT2D eigenvalue weighted by Gasteiger charge is 2.75. The van der Waals surface area contributed by atoms with Crippen molar-refractivity contribution in [3.8, 4) is 23.3 Å². The van der Waals surface area contributed by atoms with E-state index in [1.54, 1.807) is 75.6 Å². The Morgan fingerprint density at radius 3 is 2.08 bits per heavy atom. The van der Waals surface area contributed by atoms with E-state index in [-0.39, 0.29) is 22.1 Å². The molecule has 2 saturated heterocycles. The van der Waals surface area contributed by atoms with Crippen LogP contribution in [0.4, 0.5) is 15.6 Å². The number of aromatic hydroxyl groups is 1. The van der Waals surface area contributed by atoms with Crippen molar-refractivity contribution >= 4 is 62.2 Å². The second-order valence-electron chi connectivity index (χ2n) is 17.9. The zero-order chi connectivity index (χ0) is 49.6. The van der Waals surface area contributed by atoms with E-state index in [0.29, 0.717) is 39.1 Å². The molecule has 14 nitrogen and oxygen atoms in total. The number of aromatic nitrogens is 1. The van der Waals surface area contributed by atoms with Crippen molar-refractivity contribution in [2.75, 3.05) is 24.4 Å². The van der Waals surface area contributed by atoms with Gasteiger partial charge in [0, 0.05) is 11.1 Å². The second-order valence-corrected chi connectivity index (χ2v) is 18.9. The molecule has 3 N–H and O–H groups in total. The summed E-state index contributed by atoms with van der Waals surface area (Å²) in [6, 6.07) is 38.7. The quantitative estimate of drug-likeness (QED) is 0.0933. The van der Waals surface area contributed by atoms with Gasteiger partial charge in [0.05, 0.1) is 48.1 Å². The Morgan fingerprint density at radius 1 is 0.775 bits per heavy atom. The van der Waals surface area contributed by atoms with Gasteiger partial charge in [-0.3, -0.25) is 19.3 Å². The first kappa shape index (κ1) is 46.4. The van der Waals surface area contributed by atoms with Crippen LogP contribution in [0.15, 0.2) is 152 Å². The summed E-state index contributed by atoms with van der Waals surface area (Å²) in [5.74, 6) is 1.78. The van der Waals surface area contributed by atoms with Crippen LogP contribution in [0.2, 0.25) is 0 Å². The first-order valence-corrected chi connectivity index (χ1v) is 23.8. The SMILES string of the molecule is COC(=O)[C@@H](NC(=O)N1C(=O)[C@@]2(c3cc(C#Cc4ccc(OC)cc4)ccc31)[C@H](c1ccc(O)cc1)N1[C@H](c3ccccc3)[C@H](c3ccccc3)OC(=O)[C@H]1[C@@H]2C(=O)Nc1nc2ccccc2s1)C(C)C. The molecule has 3 aliphatic heterocycles. The van der Waals surface area contributed by atoms with Crippen LogP contribution in [0.5, 0.6) is 11.5 Å². The molecule has 0 unspecified atom stereocenters. The number of thiazole rings is 1. The van der Waals surface area contributed by atoms with Gasteiger partial charge in [0.15, 0.2) is 5.13 Å². The van der Waals surface area contributed by atoms with E-state index in [2.05, 4.69) is 22.5 Å². The monoisotopic (exact) mass is 965 g/mol. The lowest BCUT2D eigenvalue weighted by atomic mass is 9.65. The summed E-state index contributed by atoms with van der Waals surface area (Å²) in [5, 5.41) is 16.8. The Hall–Kier alpha value is -8.32. The van der Waals surface area contributed by atoms with E-state index in [4.69, 9.17) is 19.2 Å². The minimum absolute atomic E-state index is 0.0694. The molecule has 10 rings (SSSR count). The van der Waals surface area contributed by atoms with E-state index in [0.717, 1.165) is 9.60 Å². The summed E-state index contributed by atoms with van der Waals surface area (Å²) >= 11 is 1.22. The Kier molecular flexibility index (Phi) is 12.3. The molecule has 3 aliphatic rings. The number of ether oxygens (including phenoxy) is 3. The van der Waals surface area contributed by atoms with Gasteiger partial charge in [-0.25, -0.2) is 19.5 Å². The molecule has 0 saturated carbocycles. The average Bonchev–Trinajstić information content (AvgIpc) is 4.03. The fourth-order valence-electron chi connectivity index (χ4n) is 10.4. The summed E-state index contributed by atoms with van der Waals surface area (Å²) in [7, 11) is 2.78. The number of rotatable bonds is 9. The first-order valence-electron chi connectivity index (χ1n) is 23.0. The van der Waals surface area contributed by atoms with Crippen LogP contribution in [0.3, 0.4) is 0 Å². The predicted octanol–water partition coefficient (Wildman–Crippen LogP) is 8.62. The minimum Gasteiger partial charge on any atom is -0.508 e. The molecule has 0 aliphatic carbocycles. The van der Waals surface area contributed by atoms with Gasteiger partial charge in [-0.05, 0) is 94.9 Å². The van der Waals surface area contributed by atoms with Gasteiger partial charge in [0.2, 0.25) is 11.8 Å². The molecule has 2 fully saturated rings. The van der Waals surface area contributed by atoms with Gasteiger partial charge < -0.3 is 30.0 Å². The number of urea groups is 1. The number of fused-ring (bicyclic) bond motifs is 4. The lowest BCUT2D eigenvalue weighted by molar-refractivity contribution is -0.177. The number of cyclic esters (lactones) is 1. The number of carbonyl (C=O) groups is 5. The number of methoxy groups -OCH3 is 2. The molecule has 4 heterocycles. The van der Waals surface area contributed by atoms with Gasteiger partial charge in [0.25, 0.3) is 0 Å². The third-order valence-electron chi connectivity index (χ3n) is 13.5. The van der Waals surface area contributed by atoms with Crippen molar-refractivity contribution in [1.82, 2.24) is 15.2 Å². The highest BCUT2D eigenvalue weighted by molar-refractivity contribution is 7.22. The molecule has 6 aromatic carbocycles. The van der Waals surface area contributed by atoms with E-state index in [1.165, 1.54) is 30.6 Å². The van der Waals surface area contributed by atoms with Gasteiger partial charge >= 0.3 is 18.0 Å². The van der Waals surface area contributed by atoms with Gasteiger partial charge in [-0.2, -0.15) is 0 Å². The molecule has 0 radical (unpaired) electrons. The lowest BCUT2D eigenvalue weighted by Crippen LogP contribution is -2.57. The van der Waals surface area contributed by atoms with Crippen LogP contribution in [0, 0.1) is 23.7 Å². The van der Waals surface area contributed by atoms with E-state index in [1.807, 2.05) is 89.8 Å². The van der Waals surface area contributed by atoms with Crippen LogP contribution in [-0.2, 0) is 34.1 Å². The molecule has 4 amide bonds. The Bertz CT molecular complexity index is 3230. The minimum atomic E-state index is -2.15. The summed E-state index contributed by atoms with van der Waals surface area (Å²) in [5.41, 5.74) is 1.68. The highest BCUT2D eigenvalue weighted by atomic mass is 32.1. The number of imide groups is 1. The van der Waals surface area contributed by atoms with Crippen molar-refractivity contribution in [3.05, 3.63) is 185 Å². The van der Waals surface area contributed by atoms with Crippen molar-refractivity contribution in [3.63, 3.8) is 0 Å². The third-order valence-corrected chi connectivity index (χ3v) is 14.5. The lowest BCUT2D eigenvalue weighted by Gasteiger charge is -2.46. The van der Waals surface area contributed by atoms with Crippen LogP contribution >= 0.6 is 11.3 Å². The molecule has 71 heavy (non-hydrogen) atoms. The van der Waals surface area contributed by atoms with E-state index < -0.39 is 77.3 Å². The summed E-state index contributed by atoms with van der Waals surface area (Å²) in [6.45, 7) is 3.46. The standard InChI is InChI=1S/C56H47N5O9S/c1-32(2)45(51(64)69-4)58-55(67)60-42-30-23-34(20-19-33-21-28-39(68-3)29-22-33)31-40(42)56(53(60)66)44(50(63)59-54-57-41-17-11-12-18-43(41)71-54)47-52(65)70-48(36-15-9-6-10-16-36)46(35-13-7-5-8-14-35)61(47)49(56)37-24-26-38(62)27-25-37/h5-18,21-32,44-49,62H,1-4H3,(H,58,67)(H,57,59,63)/t44-,45+,46-,47-,48+,49+,56-/m1/s1. The summed E-state index contributed by atoms with van der Waals surface area (Å²) in [4.78, 5) is 84.0. The van der Waals surface area contributed by atoms with Crippen LogP contribution < -0.4 is 20.3 Å². The number of esters is 2. The number of benzene rings is 6. The molecule has 0 bridgehead atoms. The largest absolute Gasteiger partial charge is 0.508 e. The van der Waals surface area contributed by atoms with Crippen molar-refractivity contribution in [2.24, 2.45) is 11.8 Å². The number of hydrogen-bond acceptors (Lipinski definition) is 12. The molecular formula is C56H47N5O9S. The average molecular weight is 966 g/mol. The molecule has 1 aromatic heterocycles. The Balaban J connectivity index is 1.27. The zero-order valence-corrected chi connectivity index (χ0v) is 39.8. The third kappa shape index (κ3) is 8.10. The fraction of sp³-hybridized carbons (Fsp3) is 0.214. The number of amides is 4. The number of nitrogens with zero attached hydrogens (tertiary/aromatic N) is 3. The molecule has 356 valence electrons. The van der Waals surface area contributed by atoms with Crippen molar-refractivity contribution in [2.45, 2.75) is 49.5 Å². The maximum Gasteiger partial charge on any atom is 0.329 e. The van der Waals surface area contributed by atoms with Crippen molar-refractivity contribution in [1.29, 1.82) is 0 Å². The van der Waals surface area contributed by atoms with Crippen LogP contribution in [0.1, 0.15) is 65.4 Å². The number of phenols is 1. The van der Waals surface area contributed by atoms with Gasteiger partial charge in [-0.15, -0.1) is 0 Å². The Morgan fingerprint density at radius 2 is 1.42 bits per heavy atom. The van der Waals surface area contributed by atoms with Crippen molar-refractivity contribution < 1.29 is 43.3 Å². The summed E-state index contributed by atoms with van der Waals surface area (Å²) in [6.07, 6.45) is -0.964. The number of phenolic OH excluding ortho intramolecular Hbond substituents is 1. The fourth-order valence-corrected chi connectivity index (χ4v) is 11.3. The van der Waals surface area contributed by atoms with Gasteiger partial charge in [-0.1, -0.05) is 122 Å². The van der Waals surface area contributed by atoms with Crippen LogP contribution in [0.25, 0.3) is 10.2 Å². The molecule has 1 spiro atoms. The number of para-hydroxylation sites is 1. The topological polar surface area (TPSA) is 177 Å². The highest BCUT2D eigenvalue weighted by Crippen LogP contribution is 2.66. The molecule has 7 aromatic rings. The summed E-state index contributed by atoms with van der Waals surface area (Å²) < 4.78 is 17.8. The van der Waals surface area contributed by atoms with Crippen LogP contribution in [-0.4, -0.2) is 71.1 Å². The Labute approximate surface area is 413 Å². The van der Waals surface area contributed by atoms with Gasteiger partial charge in [0.1, 0.15) is 35.1 Å². The van der Waals surface area contributed by atoms with E-state index in [9.17, 15) is 9.90 Å². The maximum atomic E-state index is 16.7. The first-order chi connectivity index (χ1) is 34.4. The number of nitrogens with one attached hydrogen (secondary N) is 2.